The minimum atomic E-state index is -0.525. The highest BCUT2D eigenvalue weighted by molar-refractivity contribution is 8.18. The van der Waals surface area contributed by atoms with Crippen LogP contribution in [0.1, 0.15) is 5.56 Å². The predicted octanol–water partition coefficient (Wildman–Crippen LogP) is 1.64. The van der Waals surface area contributed by atoms with E-state index in [-0.39, 0.29) is 11.4 Å². The van der Waals surface area contributed by atoms with Crippen LogP contribution in [0, 0.1) is 0 Å². The molecule has 0 atom stereocenters. The van der Waals surface area contributed by atoms with Gasteiger partial charge in [-0.15, -0.1) is 10.2 Å². The topological polar surface area (TPSA) is 97.2 Å². The summed E-state index contributed by atoms with van der Waals surface area (Å²) in [6.07, 6.45) is 7.67. The molecule has 1 aliphatic heterocycles. The van der Waals surface area contributed by atoms with Crippen LogP contribution in [0.15, 0.2) is 60.0 Å². The molecule has 8 nitrogen and oxygen atoms in total. The van der Waals surface area contributed by atoms with E-state index in [0.717, 1.165) is 22.2 Å². The van der Waals surface area contributed by atoms with Gasteiger partial charge in [-0.25, -0.2) is 4.68 Å². The summed E-state index contributed by atoms with van der Waals surface area (Å²) in [4.78, 5) is 37.3. The molecule has 0 spiro atoms. The van der Waals surface area contributed by atoms with Crippen molar-refractivity contribution in [2.75, 3.05) is 12.0 Å². The summed E-state index contributed by atoms with van der Waals surface area (Å²) < 4.78 is 1.24. The van der Waals surface area contributed by atoms with E-state index < -0.39 is 17.1 Å². The number of nitrogens with zero attached hydrogens (tertiary/aromatic N) is 4. The maximum Gasteiger partial charge on any atom is 0.294 e. The zero-order chi connectivity index (χ0) is 17.6. The van der Waals surface area contributed by atoms with Gasteiger partial charge >= 0.3 is 0 Å². The number of hydrogen-bond acceptors (Lipinski definition) is 6. The third-order valence-electron chi connectivity index (χ3n) is 3.18. The van der Waals surface area contributed by atoms with Crippen molar-refractivity contribution in [2.24, 2.45) is 0 Å². The molecule has 1 aromatic carbocycles. The van der Waals surface area contributed by atoms with Crippen molar-refractivity contribution in [3.63, 3.8) is 0 Å². The molecule has 2 aromatic rings. The molecule has 0 bridgehead atoms. The molecule has 0 unspecified atom stereocenters. The second-order valence-corrected chi connectivity index (χ2v) is 5.96. The number of hydrogen-bond donors (Lipinski definition) is 1. The second kappa shape index (κ2) is 7.58. The van der Waals surface area contributed by atoms with Gasteiger partial charge in [0.25, 0.3) is 17.1 Å². The summed E-state index contributed by atoms with van der Waals surface area (Å²) in [5, 5.41) is 6.59. The van der Waals surface area contributed by atoms with E-state index >= 15 is 0 Å². The van der Waals surface area contributed by atoms with Crippen molar-refractivity contribution in [1.82, 2.24) is 19.8 Å². The van der Waals surface area contributed by atoms with Gasteiger partial charge in [-0.3, -0.25) is 24.7 Å². The SMILES string of the molecule is O=C(CN1C(=O)SC(=CC=Cc2ccccc2)C1=O)Nn1cnnc1. The zero-order valence-electron chi connectivity index (χ0n) is 12.9. The van der Waals surface area contributed by atoms with Gasteiger partial charge in [0.1, 0.15) is 19.2 Å². The molecule has 2 heterocycles. The monoisotopic (exact) mass is 355 g/mol. The van der Waals surface area contributed by atoms with Gasteiger partial charge < -0.3 is 0 Å². The summed E-state index contributed by atoms with van der Waals surface area (Å²) in [5.74, 6) is -1.02. The number of carbonyl (C=O) groups is 3. The van der Waals surface area contributed by atoms with Crippen molar-refractivity contribution in [3.05, 3.63) is 65.6 Å². The van der Waals surface area contributed by atoms with Gasteiger partial charge in [0, 0.05) is 0 Å². The Bertz CT molecular complexity index is 846. The van der Waals surface area contributed by atoms with Gasteiger partial charge in [-0.05, 0) is 23.4 Å². The number of imide groups is 1. The first-order valence-electron chi connectivity index (χ1n) is 7.25. The van der Waals surface area contributed by atoms with Crippen LogP contribution >= 0.6 is 11.8 Å². The molecule has 1 aliphatic rings. The maximum absolute atomic E-state index is 12.3. The average Bonchev–Trinajstić information content (AvgIpc) is 3.20. The van der Waals surface area contributed by atoms with Crippen molar-refractivity contribution < 1.29 is 14.4 Å². The molecular weight excluding hydrogens is 342 g/mol. The number of rotatable bonds is 5. The number of benzene rings is 1. The molecule has 0 aliphatic carbocycles. The predicted molar refractivity (Wildman–Crippen MR) is 92.6 cm³/mol. The molecule has 3 amide bonds. The minimum absolute atomic E-state index is 0.272. The molecule has 1 saturated heterocycles. The van der Waals surface area contributed by atoms with E-state index in [9.17, 15) is 14.4 Å². The second-order valence-electron chi connectivity index (χ2n) is 4.96. The quantitative estimate of drug-likeness (QED) is 0.819. The fourth-order valence-electron chi connectivity index (χ4n) is 2.04. The van der Waals surface area contributed by atoms with Crippen LogP contribution in [-0.2, 0) is 9.59 Å². The van der Waals surface area contributed by atoms with Crippen LogP contribution in [0.3, 0.4) is 0 Å². The van der Waals surface area contributed by atoms with E-state index in [1.165, 1.54) is 17.3 Å². The van der Waals surface area contributed by atoms with Crippen LogP contribution in [0.25, 0.3) is 6.08 Å². The normalized spacial score (nSPS) is 16.2. The van der Waals surface area contributed by atoms with Crippen molar-refractivity contribution in [2.45, 2.75) is 0 Å². The van der Waals surface area contributed by atoms with Crippen LogP contribution in [-0.4, -0.2) is 43.4 Å². The number of amides is 3. The first-order chi connectivity index (χ1) is 12.1. The summed E-state index contributed by atoms with van der Waals surface area (Å²) in [6, 6.07) is 9.56. The largest absolute Gasteiger partial charge is 0.294 e. The molecular formula is C16H13N5O3S. The third-order valence-corrected chi connectivity index (χ3v) is 4.11. The molecule has 1 aromatic heterocycles. The minimum Gasteiger partial charge on any atom is -0.271 e. The Morgan fingerprint density at radius 3 is 2.60 bits per heavy atom. The van der Waals surface area contributed by atoms with Gasteiger partial charge in [0.2, 0.25) is 0 Å². The average molecular weight is 355 g/mol. The van der Waals surface area contributed by atoms with E-state index in [1.807, 2.05) is 36.4 Å². The van der Waals surface area contributed by atoms with E-state index in [0.29, 0.717) is 0 Å². The first-order valence-corrected chi connectivity index (χ1v) is 8.07. The van der Waals surface area contributed by atoms with Gasteiger partial charge in [-0.1, -0.05) is 42.5 Å². The number of nitrogens with one attached hydrogen (secondary N) is 1. The number of carbonyl (C=O) groups excluding carboxylic acids is 3. The van der Waals surface area contributed by atoms with Crippen LogP contribution < -0.4 is 5.43 Å². The Kier molecular flexibility index (Phi) is 5.05. The molecule has 3 rings (SSSR count). The molecule has 1 fully saturated rings. The van der Waals surface area contributed by atoms with Crippen molar-refractivity contribution in [3.8, 4) is 0 Å². The lowest BCUT2D eigenvalue weighted by Gasteiger charge is -2.12. The maximum atomic E-state index is 12.3. The van der Waals surface area contributed by atoms with Gasteiger partial charge in [0.05, 0.1) is 4.91 Å². The molecule has 126 valence electrons. The highest BCUT2D eigenvalue weighted by Crippen LogP contribution is 2.30. The van der Waals surface area contributed by atoms with Crippen LogP contribution in [0.5, 0.6) is 0 Å². The number of aromatic nitrogens is 3. The number of allylic oxidation sites excluding steroid dienone is 2. The fourth-order valence-corrected chi connectivity index (χ4v) is 2.83. The van der Waals surface area contributed by atoms with Crippen LogP contribution in [0.4, 0.5) is 4.79 Å². The summed E-state index contributed by atoms with van der Waals surface area (Å²) in [6.45, 7) is -0.372. The molecule has 0 radical (unpaired) electrons. The Hall–Kier alpha value is -3.20. The Balaban J connectivity index is 1.62. The molecule has 25 heavy (non-hydrogen) atoms. The fraction of sp³-hybridized carbons (Fsp3) is 0.0625. The zero-order valence-corrected chi connectivity index (χ0v) is 13.7. The standard InChI is InChI=1S/C16H13N5O3S/c22-14(19-20-10-17-18-11-20)9-21-15(23)13(25-16(21)24)8-4-7-12-5-2-1-3-6-12/h1-8,10-11H,9H2,(H,19,22). The lowest BCUT2D eigenvalue weighted by Crippen LogP contribution is -2.38. The smallest absolute Gasteiger partial charge is 0.271 e. The third kappa shape index (κ3) is 4.21. The van der Waals surface area contributed by atoms with Crippen LogP contribution in [0.2, 0.25) is 0 Å². The van der Waals surface area contributed by atoms with Gasteiger partial charge in [-0.2, -0.15) is 0 Å². The van der Waals surface area contributed by atoms with Crippen molar-refractivity contribution in [1.29, 1.82) is 0 Å². The Labute approximate surface area is 147 Å². The Morgan fingerprint density at radius 2 is 1.88 bits per heavy atom. The molecule has 1 N–H and O–H groups in total. The Morgan fingerprint density at radius 1 is 1.16 bits per heavy atom. The van der Waals surface area contributed by atoms with E-state index in [4.69, 9.17) is 0 Å². The molecule has 0 saturated carbocycles. The lowest BCUT2D eigenvalue weighted by molar-refractivity contribution is -0.127. The first kappa shape index (κ1) is 16.7. The van der Waals surface area contributed by atoms with Crippen molar-refractivity contribution >= 4 is 34.9 Å². The summed E-state index contributed by atoms with van der Waals surface area (Å²) in [5.41, 5.74) is 3.41. The van der Waals surface area contributed by atoms with Gasteiger partial charge in [0.15, 0.2) is 0 Å². The lowest BCUT2D eigenvalue weighted by atomic mass is 10.2. The highest BCUT2D eigenvalue weighted by Gasteiger charge is 2.35. The van der Waals surface area contributed by atoms with E-state index in [2.05, 4.69) is 15.6 Å². The van der Waals surface area contributed by atoms with E-state index in [1.54, 1.807) is 12.2 Å². The summed E-state index contributed by atoms with van der Waals surface area (Å²) >= 11 is 0.803. The summed E-state index contributed by atoms with van der Waals surface area (Å²) in [7, 11) is 0. The number of thioether (sulfide) groups is 1. The molecule has 9 heteroatoms. The highest BCUT2D eigenvalue weighted by atomic mass is 32.2.